The Hall–Kier alpha value is -3.70. The lowest BCUT2D eigenvalue weighted by molar-refractivity contribution is 0.354. The summed E-state index contributed by atoms with van der Waals surface area (Å²) in [4.78, 5) is 14.5. The van der Waals surface area contributed by atoms with Crippen molar-refractivity contribution in [2.24, 2.45) is 5.73 Å². The van der Waals surface area contributed by atoms with Gasteiger partial charge < -0.3 is 24.5 Å². The van der Waals surface area contributed by atoms with Crippen LogP contribution in [0.4, 0.5) is 0 Å². The molecule has 31 heavy (non-hydrogen) atoms. The SMILES string of the molecule is COc1ccc(Cn2c(C)cc3c(c2=O)[C@@H](c2cccs2)C(C#N)=C(N)O3)cc1OC. The molecular formula is C23H21N3O4S. The lowest BCUT2D eigenvalue weighted by atomic mass is 9.88. The molecule has 0 aliphatic carbocycles. The van der Waals surface area contributed by atoms with Crippen molar-refractivity contribution in [1.82, 2.24) is 4.57 Å². The minimum atomic E-state index is -0.557. The molecule has 0 unspecified atom stereocenters. The second kappa shape index (κ2) is 8.20. The van der Waals surface area contributed by atoms with E-state index < -0.39 is 5.92 Å². The Morgan fingerprint density at radius 2 is 2.00 bits per heavy atom. The number of thiophene rings is 1. The van der Waals surface area contributed by atoms with Gasteiger partial charge >= 0.3 is 0 Å². The van der Waals surface area contributed by atoms with Crippen LogP contribution in [0.2, 0.25) is 0 Å². The molecule has 7 nitrogen and oxygen atoms in total. The molecule has 0 saturated carbocycles. The van der Waals surface area contributed by atoms with Crippen LogP contribution >= 0.6 is 11.3 Å². The molecular weight excluding hydrogens is 414 g/mol. The van der Waals surface area contributed by atoms with E-state index in [0.717, 1.165) is 16.1 Å². The Morgan fingerprint density at radius 1 is 1.23 bits per heavy atom. The maximum Gasteiger partial charge on any atom is 0.259 e. The lowest BCUT2D eigenvalue weighted by Gasteiger charge is -2.26. The van der Waals surface area contributed by atoms with Crippen molar-refractivity contribution >= 4 is 11.3 Å². The molecule has 0 bridgehead atoms. The molecule has 3 aromatic rings. The van der Waals surface area contributed by atoms with E-state index in [1.54, 1.807) is 24.9 Å². The van der Waals surface area contributed by atoms with Gasteiger partial charge in [-0.2, -0.15) is 5.26 Å². The smallest absolute Gasteiger partial charge is 0.259 e. The molecule has 0 spiro atoms. The minimum absolute atomic E-state index is 0.0323. The lowest BCUT2D eigenvalue weighted by Crippen LogP contribution is -2.32. The van der Waals surface area contributed by atoms with Crippen molar-refractivity contribution in [1.29, 1.82) is 5.26 Å². The first-order valence-corrected chi connectivity index (χ1v) is 10.4. The van der Waals surface area contributed by atoms with Gasteiger partial charge in [-0.1, -0.05) is 12.1 Å². The Bertz CT molecular complexity index is 1270. The maximum atomic E-state index is 13.6. The fourth-order valence-corrected chi connectivity index (χ4v) is 4.63. The van der Waals surface area contributed by atoms with Gasteiger partial charge in [0, 0.05) is 16.6 Å². The summed E-state index contributed by atoms with van der Waals surface area (Å²) in [6.45, 7) is 2.17. The highest BCUT2D eigenvalue weighted by atomic mass is 32.1. The van der Waals surface area contributed by atoms with Crippen molar-refractivity contribution in [3.05, 3.63) is 85.3 Å². The third-order valence-electron chi connectivity index (χ3n) is 5.31. The van der Waals surface area contributed by atoms with Crippen LogP contribution in [0, 0.1) is 18.3 Å². The first kappa shape index (κ1) is 20.6. The van der Waals surface area contributed by atoms with Crippen LogP contribution in [0.25, 0.3) is 0 Å². The molecule has 0 saturated heterocycles. The number of fused-ring (bicyclic) bond motifs is 1. The molecule has 0 fully saturated rings. The average molecular weight is 436 g/mol. The van der Waals surface area contributed by atoms with Crippen LogP contribution in [0.1, 0.15) is 27.6 Å². The first-order valence-electron chi connectivity index (χ1n) is 9.54. The summed E-state index contributed by atoms with van der Waals surface area (Å²) in [7, 11) is 3.15. The predicted molar refractivity (Wildman–Crippen MR) is 118 cm³/mol. The van der Waals surface area contributed by atoms with Crippen molar-refractivity contribution in [3.63, 3.8) is 0 Å². The maximum absolute atomic E-state index is 13.6. The highest BCUT2D eigenvalue weighted by Crippen LogP contribution is 2.42. The number of pyridine rings is 1. The van der Waals surface area contributed by atoms with Crippen LogP contribution < -0.4 is 25.5 Å². The number of allylic oxidation sites excluding steroid dienone is 1. The van der Waals surface area contributed by atoms with E-state index in [0.29, 0.717) is 29.4 Å². The fraction of sp³-hybridized carbons (Fsp3) is 0.217. The van der Waals surface area contributed by atoms with Gasteiger partial charge in [-0.3, -0.25) is 4.79 Å². The Labute approximate surface area is 183 Å². The van der Waals surface area contributed by atoms with Crippen LogP contribution in [0.5, 0.6) is 17.2 Å². The molecule has 1 aromatic carbocycles. The summed E-state index contributed by atoms with van der Waals surface area (Å²) in [6, 6.07) is 13.2. The second-order valence-electron chi connectivity index (χ2n) is 7.08. The summed E-state index contributed by atoms with van der Waals surface area (Å²) in [5.41, 5.74) is 8.06. The van der Waals surface area contributed by atoms with Gasteiger partial charge in [-0.15, -0.1) is 11.3 Å². The second-order valence-corrected chi connectivity index (χ2v) is 8.06. The molecule has 8 heteroatoms. The monoisotopic (exact) mass is 435 g/mol. The van der Waals surface area contributed by atoms with E-state index in [1.165, 1.54) is 11.3 Å². The van der Waals surface area contributed by atoms with Crippen LogP contribution in [0.3, 0.4) is 0 Å². The normalized spacial score (nSPS) is 15.1. The number of aryl methyl sites for hydroxylation is 1. The number of benzene rings is 1. The first-order chi connectivity index (χ1) is 15.0. The molecule has 1 aliphatic heterocycles. The number of methoxy groups -OCH3 is 2. The highest BCUT2D eigenvalue weighted by Gasteiger charge is 2.34. The van der Waals surface area contributed by atoms with Gasteiger partial charge in [0.25, 0.3) is 5.56 Å². The molecule has 1 atom stereocenters. The Balaban J connectivity index is 1.85. The van der Waals surface area contributed by atoms with Gasteiger partial charge in [0.1, 0.15) is 17.4 Å². The summed E-state index contributed by atoms with van der Waals surface area (Å²) >= 11 is 1.47. The standard InChI is InChI=1S/C23H21N3O4S/c1-13-9-18-21(20(19-5-4-8-31-19)15(11-24)22(25)30-18)23(27)26(13)12-14-6-7-16(28-2)17(10-14)29-3/h4-10,20H,12,25H2,1-3H3/t20-/m1/s1. The van der Waals surface area contributed by atoms with Gasteiger partial charge in [-0.05, 0) is 36.1 Å². The van der Waals surface area contributed by atoms with Gasteiger partial charge in [0.15, 0.2) is 11.5 Å². The third-order valence-corrected chi connectivity index (χ3v) is 6.24. The zero-order valence-corrected chi connectivity index (χ0v) is 18.2. The summed E-state index contributed by atoms with van der Waals surface area (Å²) < 4.78 is 18.0. The third kappa shape index (κ3) is 3.53. The number of rotatable bonds is 5. The quantitative estimate of drug-likeness (QED) is 0.658. The summed E-state index contributed by atoms with van der Waals surface area (Å²) in [5, 5.41) is 11.6. The van der Waals surface area contributed by atoms with E-state index in [9.17, 15) is 10.1 Å². The molecule has 158 valence electrons. The van der Waals surface area contributed by atoms with Crippen LogP contribution in [-0.4, -0.2) is 18.8 Å². The zero-order valence-electron chi connectivity index (χ0n) is 17.3. The van der Waals surface area contributed by atoms with E-state index in [-0.39, 0.29) is 17.0 Å². The molecule has 0 radical (unpaired) electrons. The van der Waals surface area contributed by atoms with E-state index in [4.69, 9.17) is 19.9 Å². The van der Waals surface area contributed by atoms with Crippen LogP contribution in [-0.2, 0) is 6.54 Å². The van der Waals surface area contributed by atoms with Crippen molar-refractivity contribution < 1.29 is 14.2 Å². The molecule has 4 rings (SSSR count). The highest BCUT2D eigenvalue weighted by molar-refractivity contribution is 7.10. The van der Waals surface area contributed by atoms with E-state index >= 15 is 0 Å². The number of aromatic nitrogens is 1. The fourth-order valence-electron chi connectivity index (χ4n) is 3.78. The molecule has 1 aliphatic rings. The average Bonchev–Trinajstić information content (AvgIpc) is 3.30. The number of hydrogen-bond acceptors (Lipinski definition) is 7. The van der Waals surface area contributed by atoms with Crippen molar-refractivity contribution in [2.45, 2.75) is 19.4 Å². The predicted octanol–water partition coefficient (Wildman–Crippen LogP) is 3.50. The van der Waals surface area contributed by atoms with E-state index in [2.05, 4.69) is 6.07 Å². The zero-order chi connectivity index (χ0) is 22.1. The van der Waals surface area contributed by atoms with Crippen LogP contribution in [0.15, 0.2) is 58.0 Å². The number of nitriles is 1. The minimum Gasteiger partial charge on any atom is -0.493 e. The van der Waals surface area contributed by atoms with Gasteiger partial charge in [-0.25, -0.2) is 0 Å². The Morgan fingerprint density at radius 3 is 2.65 bits per heavy atom. The van der Waals surface area contributed by atoms with Crippen molar-refractivity contribution in [2.75, 3.05) is 14.2 Å². The Kier molecular flexibility index (Phi) is 5.44. The number of ether oxygens (including phenoxy) is 3. The largest absolute Gasteiger partial charge is 0.493 e. The van der Waals surface area contributed by atoms with Gasteiger partial charge in [0.05, 0.1) is 32.2 Å². The molecule has 0 amide bonds. The van der Waals surface area contributed by atoms with E-state index in [1.807, 2.05) is 42.6 Å². The molecule has 2 aromatic heterocycles. The number of nitrogens with zero attached hydrogens (tertiary/aromatic N) is 2. The summed E-state index contributed by atoms with van der Waals surface area (Å²) in [5.74, 6) is 1.07. The number of nitrogens with two attached hydrogens (primary N) is 1. The van der Waals surface area contributed by atoms with Crippen molar-refractivity contribution in [3.8, 4) is 23.3 Å². The topological polar surface area (TPSA) is 99.5 Å². The van der Waals surface area contributed by atoms with Gasteiger partial charge in [0.2, 0.25) is 5.88 Å². The number of hydrogen-bond donors (Lipinski definition) is 1. The molecule has 2 N–H and O–H groups in total. The summed E-state index contributed by atoms with van der Waals surface area (Å²) in [6.07, 6.45) is 0. The molecule has 3 heterocycles.